The average Bonchev–Trinajstić information content (AvgIpc) is 3.80. The number of rotatable bonds is 5. The summed E-state index contributed by atoms with van der Waals surface area (Å²) in [5, 5.41) is 10.0. The van der Waals surface area contributed by atoms with E-state index in [-0.39, 0.29) is 0 Å². The maximum Gasteiger partial charge on any atom is 0.0547 e. The van der Waals surface area contributed by atoms with Gasteiger partial charge in [0.25, 0.3) is 0 Å². The molecule has 2 nitrogen and oxygen atoms in total. The van der Waals surface area contributed by atoms with Crippen LogP contribution in [0, 0.1) is 0 Å². The van der Waals surface area contributed by atoms with E-state index in [1.54, 1.807) is 0 Å². The molecule has 58 heavy (non-hydrogen) atoms. The van der Waals surface area contributed by atoms with Crippen LogP contribution in [0.15, 0.2) is 218 Å². The monoisotopic (exact) mass is 736 g/mol. The molecule has 270 valence electrons. The van der Waals surface area contributed by atoms with Gasteiger partial charge in [-0.1, -0.05) is 158 Å². The molecule has 0 atom stereocenters. The lowest BCUT2D eigenvalue weighted by Gasteiger charge is -2.12. The van der Waals surface area contributed by atoms with Gasteiger partial charge < -0.3 is 9.13 Å². The summed E-state index contributed by atoms with van der Waals surface area (Å²) in [7, 11) is 0. The third-order valence-electron chi connectivity index (χ3n) is 12.1. The Hall–Kier alpha value is -7.68. The van der Waals surface area contributed by atoms with Gasteiger partial charge in [-0.2, -0.15) is 0 Å². The van der Waals surface area contributed by atoms with Crippen molar-refractivity contribution < 1.29 is 0 Å². The number of aromatic nitrogens is 2. The van der Waals surface area contributed by atoms with E-state index in [1.165, 1.54) is 98.5 Å². The van der Waals surface area contributed by atoms with Crippen LogP contribution in [-0.2, 0) is 0 Å². The van der Waals surface area contributed by atoms with E-state index in [1.807, 2.05) is 0 Å². The summed E-state index contributed by atoms with van der Waals surface area (Å²) in [5.41, 5.74) is 14.4. The molecular weight excluding hydrogens is 701 g/mol. The first kappa shape index (κ1) is 32.6. The fourth-order valence-corrected chi connectivity index (χ4v) is 9.42. The molecule has 0 aliphatic rings. The summed E-state index contributed by atoms with van der Waals surface area (Å²) in [6, 6.07) is 80.1. The van der Waals surface area contributed by atoms with Crippen LogP contribution in [0.25, 0.3) is 110 Å². The van der Waals surface area contributed by atoms with Gasteiger partial charge in [0.1, 0.15) is 0 Å². The van der Waals surface area contributed by atoms with Crippen LogP contribution >= 0.6 is 0 Å². The fraction of sp³-hybridized carbons (Fsp3) is 0. The predicted molar refractivity (Wildman–Crippen MR) is 246 cm³/mol. The van der Waals surface area contributed by atoms with Crippen molar-refractivity contribution in [2.24, 2.45) is 0 Å². The van der Waals surface area contributed by atoms with Gasteiger partial charge in [0.2, 0.25) is 0 Å². The van der Waals surface area contributed by atoms with E-state index in [0.29, 0.717) is 0 Å². The normalized spacial score (nSPS) is 11.8. The highest BCUT2D eigenvalue weighted by atomic mass is 15.0. The summed E-state index contributed by atoms with van der Waals surface area (Å²) in [5.74, 6) is 0. The average molecular weight is 737 g/mol. The zero-order valence-electron chi connectivity index (χ0n) is 31.7. The zero-order chi connectivity index (χ0) is 38.2. The lowest BCUT2D eigenvalue weighted by molar-refractivity contribution is 1.18. The summed E-state index contributed by atoms with van der Waals surface area (Å²) < 4.78 is 4.85. The van der Waals surface area contributed by atoms with E-state index in [0.717, 1.165) is 11.4 Å². The van der Waals surface area contributed by atoms with E-state index in [9.17, 15) is 0 Å². The van der Waals surface area contributed by atoms with Gasteiger partial charge in [-0.15, -0.1) is 0 Å². The summed E-state index contributed by atoms with van der Waals surface area (Å²) >= 11 is 0. The van der Waals surface area contributed by atoms with Gasteiger partial charge in [-0.25, -0.2) is 0 Å². The van der Waals surface area contributed by atoms with Gasteiger partial charge in [0, 0.05) is 32.9 Å². The Kier molecular flexibility index (Phi) is 7.26. The van der Waals surface area contributed by atoms with Crippen molar-refractivity contribution in [3.05, 3.63) is 218 Å². The highest BCUT2D eigenvalue weighted by Gasteiger charge is 2.18. The maximum absolute atomic E-state index is 2.45. The molecule has 0 unspecified atom stereocenters. The van der Waals surface area contributed by atoms with Crippen molar-refractivity contribution in [2.45, 2.75) is 0 Å². The highest BCUT2D eigenvalue weighted by molar-refractivity contribution is 6.14. The molecule has 0 radical (unpaired) electrons. The van der Waals surface area contributed by atoms with E-state index in [2.05, 4.69) is 228 Å². The SMILES string of the molecule is c1ccc(-n2c3ccccc3c3ccc(-c4cccc(-n5c6ccc(-c7cccc8ccccc78)cc6c6cc(-c7cccc8ccccc78)ccc65)c4)cc32)cc1. The van der Waals surface area contributed by atoms with E-state index < -0.39 is 0 Å². The molecule has 2 heterocycles. The first-order valence-corrected chi connectivity index (χ1v) is 20.0. The Bertz CT molecular complexity index is 3420. The minimum Gasteiger partial charge on any atom is -0.309 e. The second-order valence-corrected chi connectivity index (χ2v) is 15.3. The number of para-hydroxylation sites is 2. The number of fused-ring (bicyclic) bond motifs is 8. The summed E-state index contributed by atoms with van der Waals surface area (Å²) in [4.78, 5) is 0. The molecule has 0 bridgehead atoms. The lowest BCUT2D eigenvalue weighted by Crippen LogP contribution is -1.95. The van der Waals surface area contributed by atoms with Crippen LogP contribution in [0.5, 0.6) is 0 Å². The molecule has 12 aromatic rings. The highest BCUT2D eigenvalue weighted by Crippen LogP contribution is 2.41. The van der Waals surface area contributed by atoms with Gasteiger partial charge in [0.05, 0.1) is 22.1 Å². The third-order valence-corrected chi connectivity index (χ3v) is 12.1. The molecule has 0 saturated carbocycles. The molecule has 0 N–H and O–H groups in total. The topological polar surface area (TPSA) is 9.86 Å². The molecule has 0 spiro atoms. The Morgan fingerprint density at radius 3 is 1.36 bits per heavy atom. The minimum absolute atomic E-state index is 1.14. The molecule has 2 heteroatoms. The molecule has 0 saturated heterocycles. The van der Waals surface area contributed by atoms with Crippen molar-refractivity contribution in [1.29, 1.82) is 0 Å². The Morgan fingerprint density at radius 1 is 0.224 bits per heavy atom. The predicted octanol–water partition coefficient (Wildman–Crippen LogP) is 15.2. The van der Waals surface area contributed by atoms with Crippen molar-refractivity contribution >= 4 is 65.2 Å². The smallest absolute Gasteiger partial charge is 0.0547 e. The van der Waals surface area contributed by atoms with E-state index >= 15 is 0 Å². The minimum atomic E-state index is 1.14. The maximum atomic E-state index is 2.45. The van der Waals surface area contributed by atoms with Crippen LogP contribution < -0.4 is 0 Å². The first-order chi connectivity index (χ1) is 28.8. The molecule has 0 fully saturated rings. The van der Waals surface area contributed by atoms with Crippen LogP contribution in [-0.4, -0.2) is 9.13 Å². The second kappa shape index (κ2) is 12.9. The standard InChI is InChI=1S/C56H36N2/c1-2-18-43(19-3-1)57-53-26-9-8-23-49(53)50-30-27-40(36-56(50)57)39-17-10-20-44(33-39)58-54-31-28-41(47-24-11-15-37-13-4-6-21-45(37)47)34-51(54)52-35-42(29-32-55(52)58)48-25-12-16-38-14-5-7-22-46(38)48/h1-36H. The molecule has 2 aromatic heterocycles. The number of nitrogens with zero attached hydrogens (tertiary/aromatic N) is 2. The Balaban J connectivity index is 1.07. The number of benzene rings is 10. The van der Waals surface area contributed by atoms with Crippen molar-refractivity contribution in [3.8, 4) is 44.8 Å². The molecule has 0 aliphatic heterocycles. The number of hydrogen-bond acceptors (Lipinski definition) is 0. The summed E-state index contributed by atoms with van der Waals surface area (Å²) in [6.45, 7) is 0. The van der Waals surface area contributed by atoms with Crippen molar-refractivity contribution in [2.75, 3.05) is 0 Å². The first-order valence-electron chi connectivity index (χ1n) is 20.0. The Morgan fingerprint density at radius 2 is 0.690 bits per heavy atom. The summed E-state index contributed by atoms with van der Waals surface area (Å²) in [6.07, 6.45) is 0. The molecule has 0 aliphatic carbocycles. The van der Waals surface area contributed by atoms with Crippen LogP contribution in [0.2, 0.25) is 0 Å². The van der Waals surface area contributed by atoms with Gasteiger partial charge >= 0.3 is 0 Å². The van der Waals surface area contributed by atoms with Crippen LogP contribution in [0.1, 0.15) is 0 Å². The van der Waals surface area contributed by atoms with Gasteiger partial charge in [-0.05, 0) is 116 Å². The van der Waals surface area contributed by atoms with E-state index in [4.69, 9.17) is 0 Å². The molecule has 0 amide bonds. The van der Waals surface area contributed by atoms with Crippen molar-refractivity contribution in [3.63, 3.8) is 0 Å². The quantitative estimate of drug-likeness (QED) is 0.167. The molecule has 12 rings (SSSR count). The molecule has 10 aromatic carbocycles. The van der Waals surface area contributed by atoms with Crippen molar-refractivity contribution in [1.82, 2.24) is 9.13 Å². The second-order valence-electron chi connectivity index (χ2n) is 15.3. The third kappa shape index (κ3) is 5.05. The largest absolute Gasteiger partial charge is 0.309 e. The Labute approximate surface area is 336 Å². The fourth-order valence-electron chi connectivity index (χ4n) is 9.42. The van der Waals surface area contributed by atoms with Crippen LogP contribution in [0.3, 0.4) is 0 Å². The van der Waals surface area contributed by atoms with Gasteiger partial charge in [0.15, 0.2) is 0 Å². The molecular formula is C56H36N2. The van der Waals surface area contributed by atoms with Crippen LogP contribution in [0.4, 0.5) is 0 Å². The van der Waals surface area contributed by atoms with Gasteiger partial charge in [-0.3, -0.25) is 0 Å². The lowest BCUT2D eigenvalue weighted by atomic mass is 9.95. The number of hydrogen-bond donors (Lipinski definition) is 0. The zero-order valence-corrected chi connectivity index (χ0v) is 31.7.